The number of anilines is 1. The van der Waals surface area contributed by atoms with Crippen molar-refractivity contribution in [1.29, 1.82) is 0 Å². The molecule has 0 amide bonds. The molecule has 7 nitrogen and oxygen atoms in total. The zero-order valence-electron chi connectivity index (χ0n) is 11.3. The van der Waals surface area contributed by atoms with Crippen LogP contribution in [0.3, 0.4) is 0 Å². The molecule has 1 aromatic carbocycles. The van der Waals surface area contributed by atoms with E-state index in [9.17, 15) is 9.90 Å². The van der Waals surface area contributed by atoms with Crippen molar-refractivity contribution in [3.63, 3.8) is 0 Å². The van der Waals surface area contributed by atoms with Gasteiger partial charge in [-0.05, 0) is 12.5 Å². The second-order valence-electron chi connectivity index (χ2n) is 4.58. The van der Waals surface area contributed by atoms with Gasteiger partial charge in [0.1, 0.15) is 12.1 Å². The summed E-state index contributed by atoms with van der Waals surface area (Å²) >= 11 is 0. The van der Waals surface area contributed by atoms with Crippen molar-refractivity contribution in [2.45, 2.75) is 13.0 Å². The molecule has 0 aliphatic heterocycles. The number of benzene rings is 1. The van der Waals surface area contributed by atoms with Gasteiger partial charge in [0, 0.05) is 11.8 Å². The topological polar surface area (TPSA) is 92.4 Å². The summed E-state index contributed by atoms with van der Waals surface area (Å²) in [5.41, 5.74) is 1.39. The number of carboxylic acids is 1. The summed E-state index contributed by atoms with van der Waals surface area (Å²) in [5.74, 6) is -0.00937. The third kappa shape index (κ3) is 2.53. The summed E-state index contributed by atoms with van der Waals surface area (Å²) in [6.45, 7) is 1.82. The quantitative estimate of drug-likeness (QED) is 0.756. The maximum Gasteiger partial charge on any atom is 0.330 e. The van der Waals surface area contributed by atoms with Crippen molar-refractivity contribution in [3.05, 3.63) is 54.0 Å². The molecule has 7 heteroatoms. The molecular weight excluding hydrogens is 270 g/mol. The fourth-order valence-electron chi connectivity index (χ4n) is 2.11. The molecule has 3 aromatic rings. The molecule has 3 rings (SSSR count). The second-order valence-corrected chi connectivity index (χ2v) is 4.58. The molecule has 0 spiro atoms. The van der Waals surface area contributed by atoms with E-state index in [2.05, 4.69) is 20.4 Å². The highest BCUT2D eigenvalue weighted by molar-refractivity contribution is 5.79. The zero-order chi connectivity index (χ0) is 14.8. The van der Waals surface area contributed by atoms with Gasteiger partial charge in [-0.1, -0.05) is 30.3 Å². The normalized spacial score (nSPS) is 12.2. The van der Waals surface area contributed by atoms with Crippen LogP contribution < -0.4 is 5.32 Å². The molecule has 0 fully saturated rings. The van der Waals surface area contributed by atoms with E-state index in [1.807, 2.05) is 13.0 Å². The van der Waals surface area contributed by atoms with Crippen molar-refractivity contribution in [3.8, 4) is 0 Å². The summed E-state index contributed by atoms with van der Waals surface area (Å²) in [5, 5.41) is 16.5. The smallest absolute Gasteiger partial charge is 0.330 e. The molecule has 21 heavy (non-hydrogen) atoms. The first-order chi connectivity index (χ1) is 10.1. The van der Waals surface area contributed by atoms with Gasteiger partial charge in [-0.25, -0.2) is 9.78 Å². The SMILES string of the molecule is Cc1cc(NC(C(=O)O)c2ccccc2)n2ncnc2n1. The molecule has 0 radical (unpaired) electrons. The van der Waals surface area contributed by atoms with E-state index < -0.39 is 12.0 Å². The number of aromatic nitrogens is 4. The molecule has 106 valence electrons. The predicted octanol–water partition coefficient (Wildman–Crippen LogP) is 1.67. The number of hydrogen-bond donors (Lipinski definition) is 2. The maximum atomic E-state index is 11.5. The number of nitrogens with one attached hydrogen (secondary N) is 1. The van der Waals surface area contributed by atoms with E-state index in [4.69, 9.17) is 0 Å². The number of carboxylic acid groups (broad SMARTS) is 1. The van der Waals surface area contributed by atoms with Crippen molar-refractivity contribution in [2.75, 3.05) is 5.32 Å². The fraction of sp³-hybridized carbons (Fsp3) is 0.143. The average Bonchev–Trinajstić information content (AvgIpc) is 2.93. The van der Waals surface area contributed by atoms with Crippen LogP contribution >= 0.6 is 0 Å². The Hall–Kier alpha value is -2.96. The van der Waals surface area contributed by atoms with Crippen LogP contribution in [0.2, 0.25) is 0 Å². The Bertz CT molecular complexity index is 784. The van der Waals surface area contributed by atoms with Crippen LogP contribution in [0.15, 0.2) is 42.7 Å². The molecule has 1 unspecified atom stereocenters. The number of rotatable bonds is 4. The van der Waals surface area contributed by atoms with Crippen LogP contribution in [0, 0.1) is 6.92 Å². The zero-order valence-corrected chi connectivity index (χ0v) is 11.3. The molecule has 0 saturated carbocycles. The Morgan fingerprint density at radius 3 is 2.81 bits per heavy atom. The largest absolute Gasteiger partial charge is 0.479 e. The van der Waals surface area contributed by atoms with Gasteiger partial charge in [0.25, 0.3) is 5.78 Å². The summed E-state index contributed by atoms with van der Waals surface area (Å²) < 4.78 is 1.48. The Morgan fingerprint density at radius 1 is 1.33 bits per heavy atom. The predicted molar refractivity (Wildman–Crippen MR) is 76.0 cm³/mol. The van der Waals surface area contributed by atoms with Gasteiger partial charge < -0.3 is 10.4 Å². The van der Waals surface area contributed by atoms with Gasteiger partial charge in [0.2, 0.25) is 0 Å². The Labute approximate surface area is 120 Å². The molecule has 0 aliphatic carbocycles. The summed E-state index contributed by atoms with van der Waals surface area (Å²) in [6.07, 6.45) is 1.38. The number of aryl methyl sites for hydroxylation is 1. The lowest BCUT2D eigenvalue weighted by Gasteiger charge is -2.16. The van der Waals surface area contributed by atoms with E-state index in [1.54, 1.807) is 30.3 Å². The lowest BCUT2D eigenvalue weighted by Crippen LogP contribution is -2.22. The van der Waals surface area contributed by atoms with E-state index in [1.165, 1.54) is 10.8 Å². The lowest BCUT2D eigenvalue weighted by atomic mass is 10.1. The Kier molecular flexibility index (Phi) is 3.23. The van der Waals surface area contributed by atoms with Crippen LogP contribution in [0.25, 0.3) is 5.78 Å². The third-order valence-corrected chi connectivity index (χ3v) is 3.05. The number of hydrogen-bond acceptors (Lipinski definition) is 5. The highest BCUT2D eigenvalue weighted by Gasteiger charge is 2.21. The molecule has 2 heterocycles. The van der Waals surface area contributed by atoms with Crippen LogP contribution in [0.1, 0.15) is 17.3 Å². The first-order valence-corrected chi connectivity index (χ1v) is 6.37. The van der Waals surface area contributed by atoms with E-state index in [-0.39, 0.29) is 0 Å². The van der Waals surface area contributed by atoms with Crippen LogP contribution in [-0.4, -0.2) is 30.7 Å². The van der Waals surface area contributed by atoms with Gasteiger partial charge in [0.05, 0.1) is 0 Å². The Morgan fingerprint density at radius 2 is 2.10 bits per heavy atom. The van der Waals surface area contributed by atoms with Gasteiger partial charge in [-0.15, -0.1) is 0 Å². The maximum absolute atomic E-state index is 11.5. The minimum Gasteiger partial charge on any atom is -0.479 e. The minimum absolute atomic E-state index is 0.426. The van der Waals surface area contributed by atoms with E-state index in [0.29, 0.717) is 17.2 Å². The van der Waals surface area contributed by atoms with Crippen molar-refractivity contribution in [1.82, 2.24) is 19.6 Å². The van der Waals surface area contributed by atoms with Gasteiger partial charge in [-0.2, -0.15) is 14.6 Å². The van der Waals surface area contributed by atoms with E-state index in [0.717, 1.165) is 5.69 Å². The van der Waals surface area contributed by atoms with Gasteiger partial charge >= 0.3 is 5.97 Å². The van der Waals surface area contributed by atoms with Gasteiger partial charge in [-0.3, -0.25) is 0 Å². The van der Waals surface area contributed by atoms with E-state index >= 15 is 0 Å². The van der Waals surface area contributed by atoms with Crippen LogP contribution in [0.4, 0.5) is 5.82 Å². The third-order valence-electron chi connectivity index (χ3n) is 3.05. The highest BCUT2D eigenvalue weighted by atomic mass is 16.4. The minimum atomic E-state index is -0.969. The highest BCUT2D eigenvalue weighted by Crippen LogP contribution is 2.20. The molecule has 0 saturated heterocycles. The molecule has 2 N–H and O–H groups in total. The Balaban J connectivity index is 2.02. The monoisotopic (exact) mass is 283 g/mol. The van der Waals surface area contributed by atoms with Crippen LogP contribution in [-0.2, 0) is 4.79 Å². The number of aliphatic carboxylic acids is 1. The molecule has 2 aromatic heterocycles. The van der Waals surface area contributed by atoms with Gasteiger partial charge in [0.15, 0.2) is 6.04 Å². The van der Waals surface area contributed by atoms with Crippen molar-refractivity contribution < 1.29 is 9.90 Å². The lowest BCUT2D eigenvalue weighted by molar-refractivity contribution is -0.138. The molecular formula is C14H13N5O2. The van der Waals surface area contributed by atoms with Crippen molar-refractivity contribution in [2.24, 2.45) is 0 Å². The summed E-state index contributed by atoms with van der Waals surface area (Å²) in [6, 6.07) is 9.83. The fourth-order valence-corrected chi connectivity index (χ4v) is 2.11. The summed E-state index contributed by atoms with van der Waals surface area (Å²) in [7, 11) is 0. The number of carbonyl (C=O) groups is 1. The number of nitrogens with zero attached hydrogens (tertiary/aromatic N) is 4. The molecule has 0 aliphatic rings. The summed E-state index contributed by atoms with van der Waals surface area (Å²) in [4.78, 5) is 19.8. The first kappa shape index (κ1) is 13.0. The van der Waals surface area contributed by atoms with Crippen LogP contribution in [0.5, 0.6) is 0 Å². The molecule has 1 atom stereocenters. The molecule has 0 bridgehead atoms. The second kappa shape index (κ2) is 5.20. The first-order valence-electron chi connectivity index (χ1n) is 6.37. The standard InChI is InChI=1S/C14H13N5O2/c1-9-7-11(19-14(17-9)15-8-16-19)18-12(13(20)21)10-5-3-2-4-6-10/h2-8,12,18H,1H3,(H,20,21). The average molecular weight is 283 g/mol. The number of fused-ring (bicyclic) bond motifs is 1. The van der Waals surface area contributed by atoms with Crippen molar-refractivity contribution >= 4 is 17.6 Å².